The van der Waals surface area contributed by atoms with Gasteiger partial charge < -0.3 is 10.2 Å². The Morgan fingerprint density at radius 3 is 2.63 bits per heavy atom. The molecule has 0 bridgehead atoms. The van der Waals surface area contributed by atoms with Gasteiger partial charge in [0.25, 0.3) is 5.56 Å². The SMILES string of the molecule is Cc1nc(-c2ccc(C#N)cc2NC(=O)C2CC2)cc(=O)n1CC(=O)N1CC(F)C1. The summed E-state index contributed by atoms with van der Waals surface area (Å²) in [4.78, 5) is 42.9. The molecule has 8 nitrogen and oxygen atoms in total. The Bertz CT molecular complexity index is 1130. The fourth-order valence-corrected chi connectivity index (χ4v) is 3.34. The lowest BCUT2D eigenvalue weighted by Gasteiger charge is -2.34. The Balaban J connectivity index is 1.64. The van der Waals surface area contributed by atoms with Crippen LogP contribution >= 0.6 is 0 Å². The Labute approximate surface area is 171 Å². The molecule has 2 aliphatic rings. The Hall–Kier alpha value is -3.54. The van der Waals surface area contributed by atoms with Crippen LogP contribution in [0.2, 0.25) is 0 Å². The first-order valence-electron chi connectivity index (χ1n) is 9.71. The number of benzene rings is 1. The van der Waals surface area contributed by atoms with Gasteiger partial charge >= 0.3 is 0 Å². The molecule has 0 atom stereocenters. The van der Waals surface area contributed by atoms with Crippen LogP contribution in [-0.2, 0) is 16.1 Å². The summed E-state index contributed by atoms with van der Waals surface area (Å²) in [6.07, 6.45) is 0.662. The van der Waals surface area contributed by atoms with Crippen LogP contribution in [0.5, 0.6) is 0 Å². The summed E-state index contributed by atoms with van der Waals surface area (Å²) in [5.41, 5.74) is 1.23. The quantitative estimate of drug-likeness (QED) is 0.807. The van der Waals surface area contributed by atoms with Crippen LogP contribution in [0.1, 0.15) is 24.2 Å². The number of aromatic nitrogens is 2. The predicted molar refractivity (Wildman–Crippen MR) is 106 cm³/mol. The minimum Gasteiger partial charge on any atom is -0.335 e. The maximum Gasteiger partial charge on any atom is 0.254 e. The van der Waals surface area contributed by atoms with Gasteiger partial charge in [0.05, 0.1) is 36.1 Å². The van der Waals surface area contributed by atoms with E-state index in [9.17, 15) is 24.0 Å². The molecule has 1 saturated heterocycles. The van der Waals surface area contributed by atoms with Gasteiger partial charge in [0.1, 0.15) is 18.5 Å². The number of anilines is 1. The zero-order valence-electron chi connectivity index (χ0n) is 16.4. The highest BCUT2D eigenvalue weighted by molar-refractivity contribution is 5.97. The smallest absolute Gasteiger partial charge is 0.254 e. The van der Waals surface area contributed by atoms with Crippen LogP contribution in [0.4, 0.5) is 10.1 Å². The lowest BCUT2D eigenvalue weighted by Crippen LogP contribution is -2.53. The lowest BCUT2D eigenvalue weighted by molar-refractivity contribution is -0.139. The number of hydrogen-bond donors (Lipinski definition) is 1. The molecule has 2 aromatic rings. The molecule has 9 heteroatoms. The van der Waals surface area contributed by atoms with E-state index in [0.29, 0.717) is 28.3 Å². The fourth-order valence-electron chi connectivity index (χ4n) is 3.34. The number of likely N-dealkylation sites (tertiary alicyclic amines) is 1. The molecule has 1 aliphatic heterocycles. The van der Waals surface area contributed by atoms with Crippen molar-refractivity contribution >= 4 is 17.5 Å². The first-order valence-corrected chi connectivity index (χ1v) is 9.71. The summed E-state index contributed by atoms with van der Waals surface area (Å²) in [6.45, 7) is 1.50. The monoisotopic (exact) mass is 409 g/mol. The largest absolute Gasteiger partial charge is 0.335 e. The van der Waals surface area contributed by atoms with Crippen molar-refractivity contribution < 1.29 is 14.0 Å². The molecule has 2 fully saturated rings. The summed E-state index contributed by atoms with van der Waals surface area (Å²) >= 11 is 0. The van der Waals surface area contributed by atoms with Crippen LogP contribution in [0.25, 0.3) is 11.3 Å². The minimum absolute atomic E-state index is 0.0253. The number of rotatable bonds is 5. The van der Waals surface area contributed by atoms with Crippen molar-refractivity contribution in [3.8, 4) is 17.3 Å². The number of carbonyl (C=O) groups excluding carboxylic acids is 2. The first kappa shape index (κ1) is 19.8. The van der Waals surface area contributed by atoms with E-state index in [2.05, 4.69) is 10.3 Å². The number of nitriles is 1. The summed E-state index contributed by atoms with van der Waals surface area (Å²) in [5.74, 6) is -0.156. The van der Waals surface area contributed by atoms with Crippen molar-refractivity contribution in [1.82, 2.24) is 14.5 Å². The van der Waals surface area contributed by atoms with E-state index >= 15 is 0 Å². The van der Waals surface area contributed by atoms with E-state index in [-0.39, 0.29) is 37.4 Å². The average Bonchev–Trinajstić information content (AvgIpc) is 3.53. The Kier molecular flexibility index (Phi) is 5.08. The third-order valence-electron chi connectivity index (χ3n) is 5.31. The van der Waals surface area contributed by atoms with Crippen molar-refractivity contribution in [3.63, 3.8) is 0 Å². The molecular formula is C21H20FN5O3. The lowest BCUT2D eigenvalue weighted by atomic mass is 10.1. The molecule has 0 unspecified atom stereocenters. The molecule has 154 valence electrons. The molecule has 0 radical (unpaired) electrons. The number of carbonyl (C=O) groups is 2. The first-order chi connectivity index (χ1) is 14.4. The number of aryl methyl sites for hydroxylation is 1. The van der Waals surface area contributed by atoms with Crippen LogP contribution in [0.3, 0.4) is 0 Å². The molecule has 1 aliphatic carbocycles. The maximum absolute atomic E-state index is 13.0. The van der Waals surface area contributed by atoms with Crippen molar-refractivity contribution in [2.45, 2.75) is 32.5 Å². The molecule has 30 heavy (non-hydrogen) atoms. The average molecular weight is 409 g/mol. The third-order valence-corrected chi connectivity index (χ3v) is 5.31. The normalized spacial score (nSPS) is 16.0. The van der Waals surface area contributed by atoms with Gasteiger partial charge in [-0.3, -0.25) is 19.0 Å². The van der Waals surface area contributed by atoms with Gasteiger partial charge in [-0.1, -0.05) is 0 Å². The number of alkyl halides is 1. The topological polar surface area (TPSA) is 108 Å². The van der Waals surface area contributed by atoms with Crippen molar-refractivity contribution in [3.05, 3.63) is 46.0 Å². The molecule has 0 spiro atoms. The van der Waals surface area contributed by atoms with Crippen LogP contribution in [0, 0.1) is 24.2 Å². The molecule has 1 aromatic carbocycles. The maximum atomic E-state index is 13.0. The summed E-state index contributed by atoms with van der Waals surface area (Å²) in [5, 5.41) is 12.0. The van der Waals surface area contributed by atoms with Crippen LogP contribution in [-0.4, -0.2) is 45.5 Å². The van der Waals surface area contributed by atoms with E-state index < -0.39 is 11.7 Å². The van der Waals surface area contributed by atoms with Gasteiger partial charge in [0, 0.05) is 17.5 Å². The minimum atomic E-state index is -1.01. The molecule has 4 rings (SSSR count). The number of nitrogens with one attached hydrogen (secondary N) is 1. The van der Waals surface area contributed by atoms with Crippen molar-refractivity contribution in [2.24, 2.45) is 5.92 Å². The summed E-state index contributed by atoms with van der Waals surface area (Å²) in [6, 6.07) is 8.11. The highest BCUT2D eigenvalue weighted by Crippen LogP contribution is 2.33. The van der Waals surface area contributed by atoms with Gasteiger partial charge in [0.2, 0.25) is 11.8 Å². The number of amides is 2. The second-order valence-corrected chi connectivity index (χ2v) is 7.64. The molecule has 1 N–H and O–H groups in total. The van der Waals surface area contributed by atoms with E-state index in [1.807, 2.05) is 6.07 Å². The summed E-state index contributed by atoms with van der Waals surface area (Å²) < 4.78 is 14.2. The molecule has 1 saturated carbocycles. The number of halogens is 1. The number of hydrogen-bond acceptors (Lipinski definition) is 5. The van der Waals surface area contributed by atoms with E-state index in [1.54, 1.807) is 25.1 Å². The molecule has 1 aromatic heterocycles. The van der Waals surface area contributed by atoms with E-state index in [1.165, 1.54) is 15.5 Å². The second kappa shape index (κ2) is 7.71. The predicted octanol–water partition coefficient (Wildman–Crippen LogP) is 1.62. The molecule has 2 heterocycles. The van der Waals surface area contributed by atoms with E-state index in [0.717, 1.165) is 12.8 Å². The van der Waals surface area contributed by atoms with Gasteiger partial charge in [-0.25, -0.2) is 9.37 Å². The van der Waals surface area contributed by atoms with Crippen LogP contribution in [0.15, 0.2) is 29.1 Å². The highest BCUT2D eigenvalue weighted by atomic mass is 19.1. The third kappa shape index (κ3) is 3.94. The van der Waals surface area contributed by atoms with Crippen molar-refractivity contribution in [1.29, 1.82) is 5.26 Å². The van der Waals surface area contributed by atoms with Crippen molar-refractivity contribution in [2.75, 3.05) is 18.4 Å². The van der Waals surface area contributed by atoms with Crippen LogP contribution < -0.4 is 10.9 Å². The van der Waals surface area contributed by atoms with E-state index in [4.69, 9.17) is 0 Å². The molecular weight excluding hydrogens is 389 g/mol. The van der Waals surface area contributed by atoms with Gasteiger partial charge in [-0.05, 0) is 38.0 Å². The second-order valence-electron chi connectivity index (χ2n) is 7.64. The van der Waals surface area contributed by atoms with Gasteiger partial charge in [0.15, 0.2) is 0 Å². The fraction of sp³-hybridized carbons (Fsp3) is 0.381. The highest BCUT2D eigenvalue weighted by Gasteiger charge is 2.31. The zero-order chi connectivity index (χ0) is 21.4. The molecule has 2 amide bonds. The zero-order valence-corrected chi connectivity index (χ0v) is 16.4. The standard InChI is InChI=1S/C21H20FN5O3/c1-12-24-18(7-19(28)27(12)11-20(29)26-9-15(22)10-26)16-5-2-13(8-23)6-17(16)25-21(30)14-3-4-14/h2,5-7,14-15H,3-4,9-11H2,1H3,(H,25,30). The Morgan fingerprint density at radius 1 is 1.30 bits per heavy atom. The Morgan fingerprint density at radius 2 is 2.03 bits per heavy atom. The number of nitrogens with zero attached hydrogens (tertiary/aromatic N) is 4. The van der Waals surface area contributed by atoms with Gasteiger partial charge in [-0.15, -0.1) is 0 Å². The van der Waals surface area contributed by atoms with Gasteiger partial charge in [-0.2, -0.15) is 5.26 Å². The summed E-state index contributed by atoms with van der Waals surface area (Å²) in [7, 11) is 0.